The standard InChI is InChI=1S/C32H26F6N2O4/c1-3-11-39(30(43)22-13-24(31(33,34)35)15-25(14-22)32(36,37)38)18-28(41)40(16-21-7-5-4-6-8-21)17-23-19-44-27-10-9-20(2)12-26(27)29(23)42/h3-10,12-15,19H,1,11,16-18H2,2H3. The highest BCUT2D eigenvalue weighted by atomic mass is 19.4. The van der Waals surface area contributed by atoms with E-state index in [1.54, 1.807) is 55.5 Å². The molecule has 0 N–H and O–H groups in total. The maximum Gasteiger partial charge on any atom is 0.416 e. The van der Waals surface area contributed by atoms with Crippen molar-refractivity contribution in [3.05, 3.63) is 129 Å². The van der Waals surface area contributed by atoms with Crippen molar-refractivity contribution in [2.45, 2.75) is 32.4 Å². The van der Waals surface area contributed by atoms with Gasteiger partial charge in [0.25, 0.3) is 5.91 Å². The summed E-state index contributed by atoms with van der Waals surface area (Å²) in [5.41, 5.74) is -2.68. The molecule has 0 fully saturated rings. The molecule has 0 spiro atoms. The summed E-state index contributed by atoms with van der Waals surface area (Å²) in [7, 11) is 0. The molecule has 1 aromatic heterocycles. The lowest BCUT2D eigenvalue weighted by Gasteiger charge is -2.27. The zero-order valence-corrected chi connectivity index (χ0v) is 23.3. The molecule has 1 heterocycles. The van der Waals surface area contributed by atoms with Crippen LogP contribution in [-0.4, -0.2) is 34.7 Å². The van der Waals surface area contributed by atoms with Gasteiger partial charge in [-0.05, 0) is 42.8 Å². The number of benzene rings is 3. The molecule has 0 aliphatic heterocycles. The Hall–Kier alpha value is -4.87. The van der Waals surface area contributed by atoms with Crippen molar-refractivity contribution in [1.82, 2.24) is 9.80 Å². The summed E-state index contributed by atoms with van der Waals surface area (Å²) in [6, 6.07) is 14.2. The first kappa shape index (κ1) is 32.1. The first-order valence-corrected chi connectivity index (χ1v) is 13.2. The van der Waals surface area contributed by atoms with Crippen LogP contribution < -0.4 is 5.43 Å². The number of aryl methyl sites for hydroxylation is 1. The normalized spacial score (nSPS) is 11.8. The average molecular weight is 617 g/mol. The minimum atomic E-state index is -5.17. The molecule has 0 saturated carbocycles. The van der Waals surface area contributed by atoms with Crippen LogP contribution in [0.1, 0.15) is 38.2 Å². The first-order chi connectivity index (χ1) is 20.7. The minimum Gasteiger partial charge on any atom is -0.464 e. The molecule has 0 aliphatic rings. The van der Waals surface area contributed by atoms with Gasteiger partial charge in [-0.2, -0.15) is 26.3 Å². The van der Waals surface area contributed by atoms with E-state index in [1.807, 2.05) is 0 Å². The van der Waals surface area contributed by atoms with Crippen LogP contribution >= 0.6 is 0 Å². The third kappa shape index (κ3) is 7.55. The van der Waals surface area contributed by atoms with Gasteiger partial charge in [-0.15, -0.1) is 6.58 Å². The Bertz CT molecular complexity index is 1710. The molecular formula is C32H26F6N2O4. The zero-order chi connectivity index (χ0) is 32.2. The van der Waals surface area contributed by atoms with Crippen LogP contribution in [0.25, 0.3) is 11.0 Å². The van der Waals surface area contributed by atoms with Gasteiger partial charge in [-0.1, -0.05) is 48.0 Å². The van der Waals surface area contributed by atoms with Crippen molar-refractivity contribution in [3.8, 4) is 0 Å². The van der Waals surface area contributed by atoms with E-state index in [2.05, 4.69) is 6.58 Å². The molecule has 0 atom stereocenters. The summed E-state index contributed by atoms with van der Waals surface area (Å²) in [4.78, 5) is 42.3. The molecule has 0 bridgehead atoms. The Balaban J connectivity index is 1.69. The molecule has 230 valence electrons. The molecule has 4 rings (SSSR count). The minimum absolute atomic E-state index is 0.0249. The van der Waals surface area contributed by atoms with Gasteiger partial charge in [0.05, 0.1) is 34.9 Å². The summed E-state index contributed by atoms with van der Waals surface area (Å²) in [5, 5.41) is 0.295. The third-order valence-electron chi connectivity index (χ3n) is 6.73. The Morgan fingerprint density at radius 1 is 0.864 bits per heavy atom. The van der Waals surface area contributed by atoms with Gasteiger partial charge in [0, 0.05) is 18.7 Å². The fourth-order valence-electron chi connectivity index (χ4n) is 4.54. The van der Waals surface area contributed by atoms with Crippen LogP contribution in [0.5, 0.6) is 0 Å². The van der Waals surface area contributed by atoms with Crippen LogP contribution in [0.4, 0.5) is 26.3 Å². The second-order valence-corrected chi connectivity index (χ2v) is 10.1. The van der Waals surface area contributed by atoms with Crippen molar-refractivity contribution >= 4 is 22.8 Å². The lowest BCUT2D eigenvalue weighted by Crippen LogP contribution is -2.43. The Morgan fingerprint density at radius 3 is 2.09 bits per heavy atom. The van der Waals surface area contributed by atoms with Gasteiger partial charge >= 0.3 is 12.4 Å². The molecule has 2 amide bonds. The van der Waals surface area contributed by atoms with E-state index >= 15 is 0 Å². The van der Waals surface area contributed by atoms with Gasteiger partial charge in [0.2, 0.25) is 5.91 Å². The second kappa shape index (κ2) is 12.8. The number of nitrogens with zero attached hydrogens (tertiary/aromatic N) is 2. The molecule has 0 aliphatic carbocycles. The van der Waals surface area contributed by atoms with Crippen molar-refractivity contribution in [2.24, 2.45) is 0 Å². The van der Waals surface area contributed by atoms with E-state index in [4.69, 9.17) is 4.42 Å². The van der Waals surface area contributed by atoms with Crippen LogP contribution in [0.2, 0.25) is 0 Å². The number of carbonyl (C=O) groups excluding carboxylic acids is 2. The Morgan fingerprint density at radius 2 is 1.50 bits per heavy atom. The monoisotopic (exact) mass is 616 g/mol. The summed E-state index contributed by atoms with van der Waals surface area (Å²) in [5.74, 6) is -1.97. The molecule has 12 heteroatoms. The second-order valence-electron chi connectivity index (χ2n) is 10.1. The molecule has 44 heavy (non-hydrogen) atoms. The lowest BCUT2D eigenvalue weighted by molar-refractivity contribution is -0.143. The van der Waals surface area contributed by atoms with Crippen molar-refractivity contribution < 1.29 is 40.3 Å². The highest BCUT2D eigenvalue weighted by Gasteiger charge is 2.38. The predicted molar refractivity (Wildman–Crippen MR) is 150 cm³/mol. The number of amides is 2. The largest absolute Gasteiger partial charge is 0.464 e. The third-order valence-corrected chi connectivity index (χ3v) is 6.73. The van der Waals surface area contributed by atoms with E-state index in [1.165, 1.54) is 17.2 Å². The van der Waals surface area contributed by atoms with E-state index in [-0.39, 0.29) is 36.7 Å². The van der Waals surface area contributed by atoms with Gasteiger partial charge < -0.3 is 14.2 Å². The topological polar surface area (TPSA) is 70.8 Å². The fourth-order valence-corrected chi connectivity index (χ4v) is 4.54. The van der Waals surface area contributed by atoms with Crippen molar-refractivity contribution in [1.29, 1.82) is 0 Å². The number of rotatable bonds is 9. The number of fused-ring (bicyclic) bond motifs is 1. The molecule has 0 unspecified atom stereocenters. The highest BCUT2D eigenvalue weighted by molar-refractivity contribution is 5.97. The maximum absolute atomic E-state index is 13.7. The van der Waals surface area contributed by atoms with Gasteiger partial charge in [-0.3, -0.25) is 14.4 Å². The molecule has 0 saturated heterocycles. The van der Waals surface area contributed by atoms with Crippen molar-refractivity contribution in [2.75, 3.05) is 13.1 Å². The van der Waals surface area contributed by atoms with Gasteiger partial charge in [-0.25, -0.2) is 0 Å². The maximum atomic E-state index is 13.7. The molecule has 6 nitrogen and oxygen atoms in total. The molecular weight excluding hydrogens is 590 g/mol. The van der Waals surface area contributed by atoms with E-state index in [0.717, 1.165) is 10.5 Å². The van der Waals surface area contributed by atoms with Crippen LogP contribution in [0, 0.1) is 6.92 Å². The fraction of sp³-hybridized carbons (Fsp3) is 0.219. The summed E-state index contributed by atoms with van der Waals surface area (Å²) < 4.78 is 86.2. The van der Waals surface area contributed by atoms with Gasteiger partial charge in [0.1, 0.15) is 12.1 Å². The molecule has 4 aromatic rings. The van der Waals surface area contributed by atoms with E-state index in [0.29, 0.717) is 28.7 Å². The number of alkyl halides is 6. The lowest BCUT2D eigenvalue weighted by atomic mass is 10.0. The zero-order valence-electron chi connectivity index (χ0n) is 23.3. The average Bonchev–Trinajstić information content (AvgIpc) is 2.97. The smallest absolute Gasteiger partial charge is 0.416 e. The van der Waals surface area contributed by atoms with E-state index in [9.17, 15) is 40.7 Å². The Labute approximate surface area is 247 Å². The Kier molecular flexibility index (Phi) is 9.31. The first-order valence-electron chi connectivity index (χ1n) is 13.2. The quantitative estimate of drug-likeness (QED) is 0.150. The van der Waals surface area contributed by atoms with Crippen LogP contribution in [-0.2, 0) is 30.2 Å². The SMILES string of the molecule is C=CCN(CC(=O)N(Cc1ccccc1)Cc1coc2ccc(C)cc2c1=O)C(=O)c1cc(C(F)(F)F)cc(C(F)(F)F)c1. The summed E-state index contributed by atoms with van der Waals surface area (Å²) in [6.45, 7) is 3.92. The number of hydrogen-bond acceptors (Lipinski definition) is 4. The van der Waals surface area contributed by atoms with E-state index < -0.39 is 47.4 Å². The van der Waals surface area contributed by atoms with Crippen LogP contribution in [0.15, 0.2) is 94.9 Å². The molecule has 3 aromatic carbocycles. The summed E-state index contributed by atoms with van der Waals surface area (Å²) in [6.07, 6.45) is -7.92. The van der Waals surface area contributed by atoms with Gasteiger partial charge in [0.15, 0.2) is 5.43 Å². The predicted octanol–water partition coefficient (Wildman–Crippen LogP) is 7.00. The number of halogens is 6. The van der Waals surface area contributed by atoms with Crippen molar-refractivity contribution in [3.63, 3.8) is 0 Å². The molecule has 0 radical (unpaired) electrons. The highest BCUT2D eigenvalue weighted by Crippen LogP contribution is 2.36. The number of carbonyl (C=O) groups is 2. The number of hydrogen-bond donors (Lipinski definition) is 0. The summed E-state index contributed by atoms with van der Waals surface area (Å²) >= 11 is 0. The van der Waals surface area contributed by atoms with Crippen LogP contribution in [0.3, 0.4) is 0 Å².